The number of rotatable bonds is 9. The van der Waals surface area contributed by atoms with E-state index < -0.39 is 16.2 Å². The second kappa shape index (κ2) is 11.2. The second-order valence-corrected chi connectivity index (χ2v) is 11.8. The number of fused-ring (bicyclic) bond motifs is 1. The average Bonchev–Trinajstić information content (AvgIpc) is 3.17. The maximum Gasteiger partial charge on any atom is 0.446 e. The number of carboxylic acid groups (broad SMARTS) is 1. The third kappa shape index (κ3) is 7.57. The maximum atomic E-state index is 13.2. The molecule has 3 rings (SSSR count). The van der Waals surface area contributed by atoms with Crippen LogP contribution in [0.2, 0.25) is 0 Å². The van der Waals surface area contributed by atoms with Crippen LogP contribution >= 0.6 is 23.5 Å². The van der Waals surface area contributed by atoms with Gasteiger partial charge in [-0.05, 0) is 92.4 Å². The van der Waals surface area contributed by atoms with Crippen molar-refractivity contribution < 1.29 is 27.9 Å². The number of alkyl halides is 3. The van der Waals surface area contributed by atoms with Crippen molar-refractivity contribution >= 4 is 41.2 Å². The molecular formula is C25H29F3N2O3S2. The lowest BCUT2D eigenvalue weighted by molar-refractivity contribution is -0.138. The summed E-state index contributed by atoms with van der Waals surface area (Å²) in [5.41, 5.74) is -1.69. The quantitative estimate of drug-likeness (QED) is 0.343. The normalized spacial score (nSPS) is 15.5. The van der Waals surface area contributed by atoms with Crippen LogP contribution in [0.25, 0.3) is 0 Å². The largest absolute Gasteiger partial charge is 0.480 e. The highest BCUT2D eigenvalue weighted by Crippen LogP contribution is 2.38. The van der Waals surface area contributed by atoms with E-state index in [0.29, 0.717) is 25.1 Å². The van der Waals surface area contributed by atoms with Gasteiger partial charge in [-0.2, -0.15) is 13.2 Å². The predicted molar refractivity (Wildman–Crippen MR) is 134 cm³/mol. The van der Waals surface area contributed by atoms with Gasteiger partial charge in [-0.3, -0.25) is 4.79 Å². The zero-order valence-corrected chi connectivity index (χ0v) is 21.4. The molecule has 1 atom stereocenters. The number of aliphatic carboxylic acids is 1. The highest BCUT2D eigenvalue weighted by molar-refractivity contribution is 8.01. The van der Waals surface area contributed by atoms with Crippen LogP contribution in [0.5, 0.6) is 0 Å². The molecule has 0 fully saturated rings. The van der Waals surface area contributed by atoms with Crippen LogP contribution in [0.3, 0.4) is 0 Å². The van der Waals surface area contributed by atoms with E-state index in [9.17, 15) is 27.9 Å². The van der Waals surface area contributed by atoms with Crippen LogP contribution in [0.1, 0.15) is 44.7 Å². The summed E-state index contributed by atoms with van der Waals surface area (Å²) in [6, 6.07) is 11.2. The smallest absolute Gasteiger partial charge is 0.446 e. The lowest BCUT2D eigenvalue weighted by Crippen LogP contribution is -2.44. The summed E-state index contributed by atoms with van der Waals surface area (Å²) in [4.78, 5) is 27.4. The average molecular weight is 527 g/mol. The van der Waals surface area contributed by atoms with Gasteiger partial charge < -0.3 is 15.3 Å². The molecule has 0 bridgehead atoms. The molecule has 0 saturated carbocycles. The van der Waals surface area contributed by atoms with Crippen LogP contribution in [0.15, 0.2) is 52.3 Å². The molecule has 1 aliphatic carbocycles. The molecule has 0 heterocycles. The Morgan fingerprint density at radius 1 is 1.03 bits per heavy atom. The molecule has 10 heteroatoms. The summed E-state index contributed by atoms with van der Waals surface area (Å²) in [5, 5.41) is 12.2. The van der Waals surface area contributed by atoms with Crippen LogP contribution in [0.4, 0.5) is 23.7 Å². The van der Waals surface area contributed by atoms with E-state index in [4.69, 9.17) is 0 Å². The number of nitrogens with one attached hydrogen (secondary N) is 1. The standard InChI is InChI=1S/C25H29F3N2O3S2/c1-4-5-12-30(23(33)29-18-7-10-20(11-8-18)35-25(26,27)28)19-13-16-6-9-21(15-17(16)14-19)34-24(2,3)22(31)32/h6-11,15,19H,4-5,12-14H2,1-3H3,(H,29,33)(H,31,32). The van der Waals surface area contributed by atoms with E-state index in [1.54, 1.807) is 18.7 Å². The number of halogens is 3. The summed E-state index contributed by atoms with van der Waals surface area (Å²) >= 11 is 1.10. The zero-order valence-electron chi connectivity index (χ0n) is 19.8. The fourth-order valence-electron chi connectivity index (χ4n) is 3.91. The number of hydrogen-bond acceptors (Lipinski definition) is 4. The number of thioether (sulfide) groups is 2. The Labute approximate surface area is 211 Å². The highest BCUT2D eigenvalue weighted by Gasteiger charge is 2.32. The van der Waals surface area contributed by atoms with Gasteiger partial charge >= 0.3 is 17.5 Å². The minimum Gasteiger partial charge on any atom is -0.480 e. The predicted octanol–water partition coefficient (Wildman–Crippen LogP) is 7.06. The van der Waals surface area contributed by atoms with Gasteiger partial charge in [0.15, 0.2) is 0 Å². The molecule has 190 valence electrons. The first-order valence-corrected chi connectivity index (χ1v) is 13.0. The van der Waals surface area contributed by atoms with E-state index in [1.807, 2.05) is 25.1 Å². The lowest BCUT2D eigenvalue weighted by atomic mass is 10.1. The molecule has 2 aromatic carbocycles. The van der Waals surface area contributed by atoms with Gasteiger partial charge in [0.1, 0.15) is 4.75 Å². The van der Waals surface area contributed by atoms with Gasteiger partial charge in [0.05, 0.1) is 0 Å². The van der Waals surface area contributed by atoms with Crippen molar-refractivity contribution in [3.63, 3.8) is 0 Å². The summed E-state index contributed by atoms with van der Waals surface area (Å²) in [6.45, 7) is 5.95. The molecule has 0 saturated heterocycles. The Kier molecular flexibility index (Phi) is 8.69. The summed E-state index contributed by atoms with van der Waals surface area (Å²) < 4.78 is 36.7. The Morgan fingerprint density at radius 3 is 2.26 bits per heavy atom. The van der Waals surface area contributed by atoms with Crippen molar-refractivity contribution in [2.75, 3.05) is 11.9 Å². The van der Waals surface area contributed by atoms with E-state index in [0.717, 1.165) is 28.9 Å². The number of hydrogen-bond donors (Lipinski definition) is 2. The van der Waals surface area contributed by atoms with Crippen molar-refractivity contribution in [1.29, 1.82) is 0 Å². The highest BCUT2D eigenvalue weighted by atomic mass is 32.2. The van der Waals surface area contributed by atoms with Crippen LogP contribution in [0, 0.1) is 0 Å². The van der Waals surface area contributed by atoms with Gasteiger partial charge in [0.2, 0.25) is 0 Å². The molecule has 0 aliphatic heterocycles. The maximum absolute atomic E-state index is 13.2. The molecule has 5 nitrogen and oxygen atoms in total. The molecule has 2 amide bonds. The first kappa shape index (κ1) is 27.3. The van der Waals surface area contributed by atoms with Crippen molar-refractivity contribution in [3.05, 3.63) is 53.6 Å². The van der Waals surface area contributed by atoms with Gasteiger partial charge in [-0.1, -0.05) is 19.4 Å². The number of carbonyl (C=O) groups excluding carboxylic acids is 1. The molecule has 35 heavy (non-hydrogen) atoms. The Morgan fingerprint density at radius 2 is 1.66 bits per heavy atom. The third-order valence-electron chi connectivity index (χ3n) is 5.77. The fourth-order valence-corrected chi connectivity index (χ4v) is 5.46. The van der Waals surface area contributed by atoms with Crippen LogP contribution in [-0.2, 0) is 17.6 Å². The lowest BCUT2D eigenvalue weighted by Gasteiger charge is -2.29. The van der Waals surface area contributed by atoms with E-state index in [1.165, 1.54) is 36.0 Å². The molecule has 0 radical (unpaired) electrons. The molecule has 1 aliphatic rings. The van der Waals surface area contributed by atoms with Crippen molar-refractivity contribution in [1.82, 2.24) is 4.90 Å². The van der Waals surface area contributed by atoms with Crippen molar-refractivity contribution in [2.24, 2.45) is 0 Å². The van der Waals surface area contributed by atoms with Gasteiger partial charge in [-0.15, -0.1) is 11.8 Å². The monoisotopic (exact) mass is 526 g/mol. The van der Waals surface area contributed by atoms with Crippen LogP contribution < -0.4 is 5.32 Å². The fraction of sp³-hybridized carbons (Fsp3) is 0.440. The van der Waals surface area contributed by atoms with E-state index in [-0.39, 0.29) is 28.7 Å². The topological polar surface area (TPSA) is 69.6 Å². The Balaban J connectivity index is 1.70. The van der Waals surface area contributed by atoms with Crippen LogP contribution in [-0.4, -0.2) is 44.8 Å². The number of nitrogens with zero attached hydrogens (tertiary/aromatic N) is 1. The van der Waals surface area contributed by atoms with Crippen molar-refractivity contribution in [3.8, 4) is 0 Å². The Bertz CT molecular complexity index is 1060. The number of carbonyl (C=O) groups is 2. The van der Waals surface area contributed by atoms with E-state index >= 15 is 0 Å². The first-order valence-electron chi connectivity index (χ1n) is 11.4. The molecule has 0 spiro atoms. The van der Waals surface area contributed by atoms with Gasteiger partial charge in [-0.25, -0.2) is 4.79 Å². The minimum atomic E-state index is -4.36. The SMILES string of the molecule is CCCCN(C(=O)Nc1ccc(SC(F)(F)F)cc1)C1Cc2ccc(SC(C)(C)C(=O)O)cc2C1. The molecule has 1 unspecified atom stereocenters. The Hall–Kier alpha value is -2.33. The number of unbranched alkanes of at least 4 members (excludes halogenated alkanes) is 1. The third-order valence-corrected chi connectivity index (χ3v) is 7.68. The number of carboxylic acids is 1. The minimum absolute atomic E-state index is 0.0515. The first-order chi connectivity index (χ1) is 16.4. The van der Waals surface area contributed by atoms with Crippen molar-refractivity contribution in [2.45, 2.75) is 72.5 Å². The zero-order chi connectivity index (χ0) is 25.8. The van der Waals surface area contributed by atoms with Gasteiger partial charge in [0.25, 0.3) is 0 Å². The number of benzene rings is 2. The second-order valence-electron chi connectivity index (χ2n) is 8.96. The number of anilines is 1. The summed E-state index contributed by atoms with van der Waals surface area (Å²) in [6.07, 6.45) is 3.10. The van der Waals surface area contributed by atoms with Gasteiger partial charge in [0, 0.05) is 28.1 Å². The summed E-state index contributed by atoms with van der Waals surface area (Å²) in [7, 11) is 0. The molecule has 2 aromatic rings. The molecular weight excluding hydrogens is 497 g/mol. The van der Waals surface area contributed by atoms with E-state index in [2.05, 4.69) is 5.32 Å². The molecule has 2 N–H and O–H groups in total. The molecule has 0 aromatic heterocycles. The number of amides is 2. The summed E-state index contributed by atoms with van der Waals surface area (Å²) in [5.74, 6) is -0.881. The number of urea groups is 1.